The molecule has 0 saturated carbocycles. The number of fused-ring (bicyclic) bond motifs is 1. The molecule has 0 aromatic heterocycles. The molecule has 1 aliphatic rings. The summed E-state index contributed by atoms with van der Waals surface area (Å²) in [7, 11) is -5.89. The predicted molar refractivity (Wildman–Crippen MR) is 162 cm³/mol. The van der Waals surface area contributed by atoms with Gasteiger partial charge in [-0.3, -0.25) is 9.52 Å². The second-order valence-electron chi connectivity index (χ2n) is 11.0. The topological polar surface area (TPSA) is 143 Å². The van der Waals surface area contributed by atoms with Gasteiger partial charge in [0.2, 0.25) is 10.0 Å². The van der Waals surface area contributed by atoms with Crippen molar-refractivity contribution in [3.63, 3.8) is 0 Å². The number of carbonyl (C=O) groups excluding carboxylic acids is 1. The van der Waals surface area contributed by atoms with Crippen LogP contribution in [0.25, 0.3) is 0 Å². The van der Waals surface area contributed by atoms with Gasteiger partial charge in [0.1, 0.15) is 5.75 Å². The highest BCUT2D eigenvalue weighted by molar-refractivity contribution is 7.92. The Morgan fingerprint density at radius 1 is 1.10 bits per heavy atom. The number of rotatable bonds is 8. The van der Waals surface area contributed by atoms with Crippen molar-refractivity contribution < 1.29 is 36.2 Å². The van der Waals surface area contributed by atoms with Crippen LogP contribution in [0.3, 0.4) is 0 Å². The fourth-order valence-electron chi connectivity index (χ4n) is 4.65. The molecule has 0 radical (unpaired) electrons. The summed E-state index contributed by atoms with van der Waals surface area (Å²) in [6.45, 7) is 5.84. The van der Waals surface area contributed by atoms with Crippen LogP contribution in [0.4, 0.5) is 5.69 Å². The zero-order valence-electron chi connectivity index (χ0n) is 24.9. The summed E-state index contributed by atoms with van der Waals surface area (Å²) in [4.78, 5) is 15.7. The Hall–Kier alpha value is -2.71. The molecule has 234 valence electrons. The number of aliphatic hydroxyl groups is 1. The van der Waals surface area contributed by atoms with Gasteiger partial charge in [-0.2, -0.15) is 0 Å². The first-order valence-corrected chi connectivity index (χ1v) is 17.4. The van der Waals surface area contributed by atoms with E-state index in [0.29, 0.717) is 18.8 Å². The third-order valence-corrected chi connectivity index (χ3v) is 10.0. The second kappa shape index (κ2) is 14.6. The number of hydrogen-bond donors (Lipinski definition) is 2. The number of benzene rings is 2. The molecule has 0 aliphatic carbocycles. The maximum atomic E-state index is 14.1. The van der Waals surface area contributed by atoms with Gasteiger partial charge in [0.25, 0.3) is 15.9 Å². The maximum Gasteiger partial charge on any atom is 0.261 e. The molecule has 0 bridgehead atoms. The highest BCUT2D eigenvalue weighted by Gasteiger charge is 2.31. The van der Waals surface area contributed by atoms with Gasteiger partial charge in [-0.15, -0.1) is 0 Å². The van der Waals surface area contributed by atoms with Crippen molar-refractivity contribution >= 4 is 31.6 Å². The Kier molecular flexibility index (Phi) is 11.8. The summed E-state index contributed by atoms with van der Waals surface area (Å²) in [6, 6.07) is 11.9. The number of ether oxygens (including phenoxy) is 2. The molecule has 1 aliphatic heterocycles. The van der Waals surface area contributed by atoms with Crippen LogP contribution in [-0.4, -0.2) is 94.9 Å². The predicted octanol–water partition coefficient (Wildman–Crippen LogP) is 3.17. The maximum absolute atomic E-state index is 14.1. The average molecular weight is 626 g/mol. The van der Waals surface area contributed by atoms with Gasteiger partial charge in [-0.25, -0.2) is 21.1 Å². The third kappa shape index (κ3) is 9.14. The molecule has 2 aromatic carbocycles. The molecule has 2 aromatic rings. The lowest BCUT2D eigenvalue weighted by Crippen LogP contribution is -2.47. The summed E-state index contributed by atoms with van der Waals surface area (Å²) in [5.74, 6) is -0.462. The molecule has 1 heterocycles. The summed E-state index contributed by atoms with van der Waals surface area (Å²) < 4.78 is 66.4. The van der Waals surface area contributed by atoms with Gasteiger partial charge in [0.15, 0.2) is 0 Å². The molecule has 0 fully saturated rings. The molecule has 13 heteroatoms. The van der Waals surface area contributed by atoms with Gasteiger partial charge in [0, 0.05) is 38.3 Å². The number of anilines is 1. The minimum atomic E-state index is -3.92. The average Bonchev–Trinajstić information content (AvgIpc) is 2.94. The van der Waals surface area contributed by atoms with Gasteiger partial charge in [0.05, 0.1) is 41.6 Å². The van der Waals surface area contributed by atoms with E-state index < -0.39 is 38.1 Å². The summed E-state index contributed by atoms with van der Waals surface area (Å²) >= 11 is 0. The molecular formula is C29H43N3O8S2. The van der Waals surface area contributed by atoms with E-state index in [4.69, 9.17) is 9.47 Å². The molecule has 1 amide bonds. The van der Waals surface area contributed by atoms with E-state index in [1.54, 1.807) is 37.3 Å². The zero-order chi connectivity index (χ0) is 31.1. The molecule has 4 atom stereocenters. The van der Waals surface area contributed by atoms with Crippen LogP contribution in [-0.2, 0) is 24.8 Å². The number of likely N-dealkylation sites (N-methyl/N-ethyl adjacent to an activating group) is 1. The van der Waals surface area contributed by atoms with Crippen molar-refractivity contribution in [1.82, 2.24) is 9.21 Å². The van der Waals surface area contributed by atoms with Gasteiger partial charge >= 0.3 is 0 Å². The van der Waals surface area contributed by atoms with Crippen molar-refractivity contribution in [3.8, 4) is 5.75 Å². The van der Waals surface area contributed by atoms with Crippen LogP contribution < -0.4 is 9.46 Å². The van der Waals surface area contributed by atoms with Gasteiger partial charge < -0.3 is 19.5 Å². The monoisotopic (exact) mass is 625 g/mol. The Bertz CT molecular complexity index is 1400. The molecular weight excluding hydrogens is 582 g/mol. The number of amides is 1. The first-order valence-electron chi connectivity index (χ1n) is 14.1. The fraction of sp³-hybridized carbons (Fsp3) is 0.552. The molecule has 0 unspecified atom stereocenters. The van der Waals surface area contributed by atoms with Crippen LogP contribution in [0.5, 0.6) is 5.75 Å². The first-order chi connectivity index (χ1) is 19.7. The summed E-state index contributed by atoms with van der Waals surface area (Å²) in [6.07, 6.45) is 2.58. The number of aliphatic hydroxyl groups excluding tert-OH is 1. The van der Waals surface area contributed by atoms with E-state index in [1.807, 2.05) is 13.8 Å². The highest BCUT2D eigenvalue weighted by atomic mass is 32.2. The standard InChI is InChI=1S/C29H43N3O8S2/c1-21-18-32(22(2)20-33)29(34)26-17-24(30-42(37,38)25-12-7-6-8-13-25)14-15-27(26)40-23(3)11-9-10-16-39-28(21)19-31(4)41(5,35)36/h6-8,12-15,17,21-23,28,30,33H,9-11,16,18-20H2,1-5H3/t21-,22-,23-,28+/m0/s1. The van der Waals surface area contributed by atoms with E-state index in [2.05, 4.69) is 4.72 Å². The van der Waals surface area contributed by atoms with Crippen molar-refractivity contribution in [2.24, 2.45) is 5.92 Å². The summed E-state index contributed by atoms with van der Waals surface area (Å²) in [5.41, 5.74) is 0.328. The van der Waals surface area contributed by atoms with Gasteiger partial charge in [-0.05, 0) is 63.4 Å². The zero-order valence-corrected chi connectivity index (χ0v) is 26.5. The number of hydrogen-bond acceptors (Lipinski definition) is 8. The van der Waals surface area contributed by atoms with Crippen molar-refractivity contribution in [2.45, 2.75) is 63.2 Å². The lowest BCUT2D eigenvalue weighted by atomic mass is 10.0. The minimum Gasteiger partial charge on any atom is -0.490 e. The lowest BCUT2D eigenvalue weighted by molar-refractivity contribution is -0.00828. The van der Waals surface area contributed by atoms with Crippen LogP contribution in [0.15, 0.2) is 53.4 Å². The lowest BCUT2D eigenvalue weighted by Gasteiger charge is -2.35. The Morgan fingerprint density at radius 2 is 1.79 bits per heavy atom. The molecule has 11 nitrogen and oxygen atoms in total. The van der Waals surface area contributed by atoms with Crippen molar-refractivity contribution in [2.75, 3.05) is 44.3 Å². The quantitative estimate of drug-likeness (QED) is 0.456. The smallest absolute Gasteiger partial charge is 0.261 e. The number of nitrogens with one attached hydrogen (secondary N) is 1. The van der Waals surface area contributed by atoms with Crippen LogP contribution in [0.1, 0.15) is 50.4 Å². The van der Waals surface area contributed by atoms with E-state index in [1.165, 1.54) is 34.5 Å². The fourth-order valence-corrected chi connectivity index (χ4v) is 6.14. The van der Waals surface area contributed by atoms with Crippen molar-refractivity contribution in [1.29, 1.82) is 0 Å². The Morgan fingerprint density at radius 3 is 2.43 bits per heavy atom. The van der Waals surface area contributed by atoms with Crippen molar-refractivity contribution in [3.05, 3.63) is 54.1 Å². The van der Waals surface area contributed by atoms with E-state index in [9.17, 15) is 26.7 Å². The molecule has 0 spiro atoms. The molecule has 2 N–H and O–H groups in total. The third-order valence-electron chi connectivity index (χ3n) is 7.36. The van der Waals surface area contributed by atoms with Crippen LogP contribution in [0.2, 0.25) is 0 Å². The highest BCUT2D eigenvalue weighted by Crippen LogP contribution is 2.29. The molecule has 3 rings (SSSR count). The Labute approximate surface area is 249 Å². The second-order valence-corrected chi connectivity index (χ2v) is 14.7. The number of sulfonamides is 2. The first kappa shape index (κ1) is 33.8. The van der Waals surface area contributed by atoms with E-state index in [0.717, 1.165) is 19.1 Å². The van der Waals surface area contributed by atoms with Gasteiger partial charge in [-0.1, -0.05) is 25.1 Å². The number of nitrogens with zero attached hydrogens (tertiary/aromatic N) is 2. The normalized spacial score (nSPS) is 22.1. The van der Waals surface area contributed by atoms with Crippen LogP contribution >= 0.6 is 0 Å². The number of carbonyl (C=O) groups is 1. The van der Waals surface area contributed by atoms with E-state index in [-0.39, 0.29) is 47.9 Å². The molecule has 0 saturated heterocycles. The SMILES string of the molecule is C[C@H]1CCCCO[C@H](CN(C)S(C)(=O)=O)[C@@H](C)CN([C@@H](C)CO)C(=O)c2cc(NS(=O)(=O)c3ccccc3)ccc2O1. The Balaban J connectivity index is 2.02. The van der Waals surface area contributed by atoms with Crippen LogP contribution in [0, 0.1) is 5.92 Å². The minimum absolute atomic E-state index is 0.0794. The van der Waals surface area contributed by atoms with E-state index >= 15 is 0 Å². The summed E-state index contributed by atoms with van der Waals surface area (Å²) in [5, 5.41) is 10.1. The molecule has 42 heavy (non-hydrogen) atoms. The largest absolute Gasteiger partial charge is 0.490 e.